The summed E-state index contributed by atoms with van der Waals surface area (Å²) < 4.78 is 16.4. The summed E-state index contributed by atoms with van der Waals surface area (Å²) in [6.45, 7) is 4.75. The van der Waals surface area contributed by atoms with Gasteiger partial charge in [0.15, 0.2) is 5.82 Å². The standard InChI is InChI=1S/C27H26BrFN6O2/c1-2-22(36)33-11-9-19-23-20(35(32-19)17-7-5-16(6-8-17)15-3-4-15)10-12-34(21(23)14-33)27(37)18-13-31-26(28)24(29)25(18)30/h2,5-8,13,15,21H,1,3-4,9-12,14H2,(H2,30,31)/t21-/m0/s1. The predicted molar refractivity (Wildman–Crippen MR) is 140 cm³/mol. The molecule has 1 saturated carbocycles. The molecule has 4 heterocycles. The minimum atomic E-state index is -0.768. The van der Waals surface area contributed by atoms with Crippen molar-refractivity contribution in [3.63, 3.8) is 0 Å². The summed E-state index contributed by atoms with van der Waals surface area (Å²) in [5.41, 5.74) is 10.9. The lowest BCUT2D eigenvalue weighted by atomic mass is 9.94. The number of halogens is 2. The fourth-order valence-corrected chi connectivity index (χ4v) is 5.80. The van der Waals surface area contributed by atoms with Crippen LogP contribution in [0.4, 0.5) is 10.1 Å². The number of anilines is 1. The molecule has 3 aromatic rings. The molecule has 2 aromatic heterocycles. The fourth-order valence-electron chi connectivity index (χ4n) is 5.49. The average molecular weight is 565 g/mol. The molecule has 190 valence electrons. The van der Waals surface area contributed by atoms with E-state index in [-0.39, 0.29) is 28.3 Å². The number of hydrogen-bond donors (Lipinski definition) is 1. The van der Waals surface area contributed by atoms with E-state index in [2.05, 4.69) is 51.8 Å². The van der Waals surface area contributed by atoms with E-state index < -0.39 is 17.8 Å². The Bertz CT molecular complexity index is 1430. The molecule has 8 nitrogen and oxygen atoms in total. The molecular formula is C27H26BrFN6O2. The van der Waals surface area contributed by atoms with Crippen LogP contribution < -0.4 is 5.73 Å². The van der Waals surface area contributed by atoms with Crippen LogP contribution in [-0.4, -0.2) is 56.0 Å². The summed E-state index contributed by atoms with van der Waals surface area (Å²) in [6.07, 6.45) is 6.19. The molecular weight excluding hydrogens is 539 g/mol. The molecule has 10 heteroatoms. The van der Waals surface area contributed by atoms with Gasteiger partial charge in [-0.25, -0.2) is 14.1 Å². The third kappa shape index (κ3) is 4.03. The molecule has 2 N–H and O–H groups in total. The van der Waals surface area contributed by atoms with Crippen LogP contribution in [0.3, 0.4) is 0 Å². The second-order valence-electron chi connectivity index (χ2n) is 9.78. The Morgan fingerprint density at radius 1 is 1.16 bits per heavy atom. The van der Waals surface area contributed by atoms with Gasteiger partial charge in [-0.05, 0) is 58.5 Å². The highest BCUT2D eigenvalue weighted by atomic mass is 79.9. The molecule has 0 radical (unpaired) electrons. The van der Waals surface area contributed by atoms with Crippen molar-refractivity contribution in [2.75, 3.05) is 25.4 Å². The molecule has 1 aromatic carbocycles. The molecule has 1 atom stereocenters. The summed E-state index contributed by atoms with van der Waals surface area (Å²) in [5.74, 6) is -0.725. The number of carbonyl (C=O) groups is 2. The average Bonchev–Trinajstić information content (AvgIpc) is 3.72. The predicted octanol–water partition coefficient (Wildman–Crippen LogP) is 3.94. The molecule has 37 heavy (non-hydrogen) atoms. The Hall–Kier alpha value is -3.53. The Morgan fingerprint density at radius 3 is 2.62 bits per heavy atom. The third-order valence-corrected chi connectivity index (χ3v) is 8.14. The Labute approximate surface area is 222 Å². The molecule has 0 unspecified atom stereocenters. The monoisotopic (exact) mass is 564 g/mol. The second-order valence-corrected chi connectivity index (χ2v) is 10.5. The Balaban J connectivity index is 1.42. The van der Waals surface area contributed by atoms with Crippen LogP contribution in [0.25, 0.3) is 5.69 Å². The van der Waals surface area contributed by atoms with E-state index in [9.17, 15) is 14.0 Å². The highest BCUT2D eigenvalue weighted by molar-refractivity contribution is 9.10. The van der Waals surface area contributed by atoms with Gasteiger partial charge in [0.25, 0.3) is 5.91 Å². The van der Waals surface area contributed by atoms with E-state index in [0.29, 0.717) is 31.8 Å². The SMILES string of the molecule is C=CC(=O)N1CCc2nn(-c3ccc(C4CC4)cc3)c3c2[C@H](C1)N(C(=O)c1cnc(Br)c(F)c1N)CC3. The van der Waals surface area contributed by atoms with Crippen LogP contribution >= 0.6 is 15.9 Å². The van der Waals surface area contributed by atoms with Crippen molar-refractivity contribution in [1.82, 2.24) is 24.6 Å². The number of rotatable bonds is 4. The maximum atomic E-state index is 14.5. The topological polar surface area (TPSA) is 97.4 Å². The van der Waals surface area contributed by atoms with Crippen LogP contribution in [0.1, 0.15) is 57.7 Å². The molecule has 1 aliphatic carbocycles. The van der Waals surface area contributed by atoms with E-state index in [4.69, 9.17) is 10.8 Å². The first kappa shape index (κ1) is 23.8. The van der Waals surface area contributed by atoms with Gasteiger partial charge in [-0.15, -0.1) is 0 Å². The van der Waals surface area contributed by atoms with Crippen molar-refractivity contribution in [3.05, 3.63) is 81.6 Å². The molecule has 0 bridgehead atoms. The number of benzene rings is 1. The van der Waals surface area contributed by atoms with E-state index >= 15 is 0 Å². The molecule has 2 amide bonds. The number of nitrogens with two attached hydrogens (primary N) is 1. The summed E-state index contributed by atoms with van der Waals surface area (Å²) in [7, 11) is 0. The van der Waals surface area contributed by atoms with Crippen molar-refractivity contribution >= 4 is 33.4 Å². The zero-order chi connectivity index (χ0) is 25.8. The molecule has 3 aliphatic rings. The normalized spacial score (nSPS) is 18.8. The number of hydrogen-bond acceptors (Lipinski definition) is 5. The quantitative estimate of drug-likeness (QED) is 0.382. The summed E-state index contributed by atoms with van der Waals surface area (Å²) in [4.78, 5) is 33.6. The van der Waals surface area contributed by atoms with E-state index in [1.807, 2.05) is 4.68 Å². The van der Waals surface area contributed by atoms with Gasteiger partial charge >= 0.3 is 0 Å². The third-order valence-electron chi connectivity index (χ3n) is 7.59. The van der Waals surface area contributed by atoms with E-state index in [0.717, 1.165) is 22.6 Å². The van der Waals surface area contributed by atoms with Crippen molar-refractivity contribution in [2.45, 2.75) is 37.6 Å². The van der Waals surface area contributed by atoms with Gasteiger partial charge in [0.1, 0.15) is 4.60 Å². The van der Waals surface area contributed by atoms with Crippen LogP contribution in [-0.2, 0) is 17.6 Å². The highest BCUT2D eigenvalue weighted by Gasteiger charge is 2.40. The highest BCUT2D eigenvalue weighted by Crippen LogP contribution is 2.41. The first-order valence-electron chi connectivity index (χ1n) is 12.4. The van der Waals surface area contributed by atoms with Gasteiger partial charge in [0.2, 0.25) is 5.91 Å². The lowest BCUT2D eigenvalue weighted by Crippen LogP contribution is -2.46. The number of carbonyl (C=O) groups excluding carboxylic acids is 2. The molecule has 6 rings (SSSR count). The van der Waals surface area contributed by atoms with Crippen molar-refractivity contribution in [3.8, 4) is 5.69 Å². The van der Waals surface area contributed by atoms with E-state index in [1.165, 1.54) is 30.7 Å². The lowest BCUT2D eigenvalue weighted by Gasteiger charge is -2.38. The van der Waals surface area contributed by atoms with Gasteiger partial charge in [0, 0.05) is 44.2 Å². The molecule has 0 spiro atoms. The maximum absolute atomic E-state index is 14.5. The first-order valence-corrected chi connectivity index (χ1v) is 13.2. The van der Waals surface area contributed by atoms with Crippen LogP contribution in [0.5, 0.6) is 0 Å². The van der Waals surface area contributed by atoms with Gasteiger partial charge < -0.3 is 15.5 Å². The molecule has 2 aliphatic heterocycles. The van der Waals surface area contributed by atoms with Crippen molar-refractivity contribution in [1.29, 1.82) is 0 Å². The number of nitrogens with zero attached hydrogens (tertiary/aromatic N) is 5. The second kappa shape index (κ2) is 9.09. The maximum Gasteiger partial charge on any atom is 0.258 e. The van der Waals surface area contributed by atoms with E-state index in [1.54, 1.807) is 9.80 Å². The number of aromatic nitrogens is 3. The number of nitrogen functional groups attached to an aromatic ring is 1. The van der Waals surface area contributed by atoms with Gasteiger partial charge in [-0.3, -0.25) is 9.59 Å². The van der Waals surface area contributed by atoms with Crippen LogP contribution in [0.15, 0.2) is 47.7 Å². The molecule has 1 fully saturated rings. The lowest BCUT2D eigenvalue weighted by molar-refractivity contribution is -0.126. The zero-order valence-electron chi connectivity index (χ0n) is 20.2. The number of amides is 2. The first-order chi connectivity index (χ1) is 17.9. The Kier molecular flexibility index (Phi) is 5.86. The van der Waals surface area contributed by atoms with Crippen LogP contribution in [0.2, 0.25) is 0 Å². The molecule has 0 saturated heterocycles. The largest absolute Gasteiger partial charge is 0.396 e. The Morgan fingerprint density at radius 2 is 1.92 bits per heavy atom. The summed E-state index contributed by atoms with van der Waals surface area (Å²) in [6, 6.07) is 8.10. The van der Waals surface area contributed by atoms with Crippen molar-refractivity contribution < 1.29 is 14.0 Å². The minimum absolute atomic E-state index is 0.000370. The number of pyridine rings is 1. The minimum Gasteiger partial charge on any atom is -0.396 e. The van der Waals surface area contributed by atoms with Gasteiger partial charge in [-0.2, -0.15) is 5.10 Å². The van der Waals surface area contributed by atoms with Gasteiger partial charge in [-0.1, -0.05) is 18.7 Å². The van der Waals surface area contributed by atoms with Crippen LogP contribution in [0, 0.1) is 5.82 Å². The van der Waals surface area contributed by atoms with Crippen molar-refractivity contribution in [2.24, 2.45) is 0 Å². The summed E-state index contributed by atoms with van der Waals surface area (Å²) >= 11 is 3.02. The fraction of sp³-hybridized carbons (Fsp3) is 0.333. The smallest absolute Gasteiger partial charge is 0.258 e. The summed E-state index contributed by atoms with van der Waals surface area (Å²) in [5, 5.41) is 4.97. The van der Waals surface area contributed by atoms with Gasteiger partial charge in [0.05, 0.1) is 34.4 Å². The zero-order valence-corrected chi connectivity index (χ0v) is 21.7.